The Labute approximate surface area is 218 Å². The van der Waals surface area contributed by atoms with E-state index in [1.807, 2.05) is 20.8 Å². The number of carbonyl (C=O) groups excluding carboxylic acids is 2. The number of methoxy groups -OCH3 is 1. The van der Waals surface area contributed by atoms with E-state index in [0.717, 1.165) is 5.57 Å². The van der Waals surface area contributed by atoms with Crippen LogP contribution >= 0.6 is 0 Å². The number of aliphatic hydroxyl groups is 3. The van der Waals surface area contributed by atoms with Crippen LogP contribution in [0.15, 0.2) is 11.1 Å². The summed E-state index contributed by atoms with van der Waals surface area (Å²) in [6.07, 6.45) is 2.30. The topological polar surface area (TPSA) is 126 Å². The highest BCUT2D eigenvalue weighted by atomic mass is 16.6. The molecule has 0 bridgehead atoms. The van der Waals surface area contributed by atoms with Crippen molar-refractivity contribution in [1.82, 2.24) is 0 Å². The summed E-state index contributed by atoms with van der Waals surface area (Å²) in [6.45, 7) is 8.99. The number of carbonyl (C=O) groups is 2. The largest absolute Gasteiger partial charge is 0.455 e. The molecule has 37 heavy (non-hydrogen) atoms. The number of ether oxygens (including phenoxy) is 3. The zero-order valence-corrected chi connectivity index (χ0v) is 22.9. The van der Waals surface area contributed by atoms with Crippen LogP contribution in [0.4, 0.5) is 0 Å². The Bertz CT molecular complexity index is 1100. The summed E-state index contributed by atoms with van der Waals surface area (Å²) in [4.78, 5) is 26.1. The van der Waals surface area contributed by atoms with E-state index in [0.29, 0.717) is 50.5 Å². The molecule has 4 aliphatic carbocycles. The Morgan fingerprint density at radius 3 is 2.41 bits per heavy atom. The first-order valence-corrected chi connectivity index (χ1v) is 13.9. The lowest BCUT2D eigenvalue weighted by molar-refractivity contribution is -0.284. The van der Waals surface area contributed by atoms with Gasteiger partial charge in [-0.3, -0.25) is 4.79 Å². The number of rotatable bonds is 3. The molecule has 0 unspecified atom stereocenters. The SMILES string of the molecule is CO[C@H]1CCC(=O)[C@]2(C)[C@H]3CC[C@]4(C)[C@](O)([C@@](C)(O)[C@H]5CC(C)=C(C)C(=O)O5)CC[C@@]4(O)[C@@H]3C[C@H]3O[C@@]132. The lowest BCUT2D eigenvalue weighted by Gasteiger charge is -2.64. The van der Waals surface area contributed by atoms with Gasteiger partial charge in [0.1, 0.15) is 28.7 Å². The molecule has 0 radical (unpaired) electrons. The fourth-order valence-electron chi connectivity index (χ4n) is 10.1. The molecule has 6 rings (SSSR count). The van der Waals surface area contributed by atoms with E-state index >= 15 is 0 Å². The van der Waals surface area contributed by atoms with Crippen molar-refractivity contribution in [1.29, 1.82) is 0 Å². The van der Waals surface area contributed by atoms with Crippen molar-refractivity contribution in [2.75, 3.05) is 7.11 Å². The highest BCUT2D eigenvalue weighted by Crippen LogP contribution is 2.75. The third kappa shape index (κ3) is 2.67. The van der Waals surface area contributed by atoms with Gasteiger partial charge in [0, 0.05) is 30.9 Å². The zero-order chi connectivity index (χ0) is 27.0. The first-order valence-electron chi connectivity index (χ1n) is 13.9. The second kappa shape index (κ2) is 7.45. The third-order valence-electron chi connectivity index (χ3n) is 12.7. The van der Waals surface area contributed by atoms with Gasteiger partial charge >= 0.3 is 5.97 Å². The van der Waals surface area contributed by atoms with E-state index in [1.54, 1.807) is 21.0 Å². The highest BCUT2D eigenvalue weighted by Gasteiger charge is 2.84. The molecule has 0 amide bonds. The Balaban J connectivity index is 1.38. The molecule has 0 aromatic heterocycles. The van der Waals surface area contributed by atoms with E-state index in [2.05, 4.69) is 0 Å². The van der Waals surface area contributed by atoms with E-state index in [4.69, 9.17) is 14.2 Å². The van der Waals surface area contributed by atoms with Crippen LogP contribution in [0.25, 0.3) is 0 Å². The first-order chi connectivity index (χ1) is 17.2. The number of epoxide rings is 1. The van der Waals surface area contributed by atoms with Crippen LogP contribution in [0, 0.1) is 22.7 Å². The second-order valence-corrected chi connectivity index (χ2v) is 13.5. The molecule has 1 spiro atoms. The number of cyclic esters (lactones) is 1. The minimum absolute atomic E-state index is 0.109. The molecule has 206 valence electrons. The van der Waals surface area contributed by atoms with Crippen LogP contribution in [0.1, 0.15) is 86.0 Å². The monoisotopic (exact) mass is 518 g/mol. The lowest BCUT2D eigenvalue weighted by Crippen LogP contribution is -2.74. The van der Waals surface area contributed by atoms with Gasteiger partial charge in [-0.2, -0.15) is 0 Å². The fraction of sp³-hybridized carbons (Fsp3) is 0.862. The Morgan fingerprint density at radius 2 is 1.76 bits per heavy atom. The average molecular weight is 519 g/mol. The van der Waals surface area contributed by atoms with Gasteiger partial charge in [0.05, 0.1) is 23.2 Å². The van der Waals surface area contributed by atoms with Crippen LogP contribution in [0.5, 0.6) is 0 Å². The standard InChI is InChI=1S/C29H42O8/c1-15-13-21(36-23(31)16(15)2)26(5,32)28(34)12-11-27(33)18-14-22-29(37-22)20(35-6)8-7-19(30)25(29,4)17(18)9-10-24(27,28)3/h17-18,20-22,32-34H,7-14H2,1-6H3/t17-,18+,20-,21+,22+,24-,25-,26-,27+,28-,29-/m0/s1. The fourth-order valence-corrected chi connectivity index (χ4v) is 10.1. The third-order valence-corrected chi connectivity index (χ3v) is 12.7. The number of ketones is 1. The van der Waals surface area contributed by atoms with Gasteiger partial charge in [-0.25, -0.2) is 4.79 Å². The molecule has 8 nitrogen and oxygen atoms in total. The quantitative estimate of drug-likeness (QED) is 0.385. The van der Waals surface area contributed by atoms with Crippen LogP contribution in [0.2, 0.25) is 0 Å². The summed E-state index contributed by atoms with van der Waals surface area (Å²) in [6, 6.07) is 0. The number of fused-ring (bicyclic) bond motifs is 4. The minimum Gasteiger partial charge on any atom is -0.455 e. The van der Waals surface area contributed by atoms with Crippen LogP contribution in [0.3, 0.4) is 0 Å². The maximum atomic E-state index is 13.6. The van der Waals surface area contributed by atoms with E-state index in [-0.39, 0.29) is 36.2 Å². The Kier molecular flexibility index (Phi) is 5.22. The molecule has 3 N–H and O–H groups in total. The maximum absolute atomic E-state index is 13.6. The molecule has 2 aliphatic heterocycles. The molecule has 0 aromatic rings. The van der Waals surface area contributed by atoms with Crippen molar-refractivity contribution in [2.24, 2.45) is 22.7 Å². The van der Waals surface area contributed by atoms with Crippen molar-refractivity contribution in [3.05, 3.63) is 11.1 Å². The van der Waals surface area contributed by atoms with Crippen molar-refractivity contribution < 1.29 is 39.1 Å². The summed E-state index contributed by atoms with van der Waals surface area (Å²) >= 11 is 0. The van der Waals surface area contributed by atoms with Gasteiger partial charge in [0.15, 0.2) is 0 Å². The average Bonchev–Trinajstić information content (AvgIpc) is 3.53. The van der Waals surface area contributed by atoms with Gasteiger partial charge < -0.3 is 29.5 Å². The molecule has 1 saturated heterocycles. The van der Waals surface area contributed by atoms with Crippen LogP contribution < -0.4 is 0 Å². The zero-order valence-electron chi connectivity index (χ0n) is 22.9. The summed E-state index contributed by atoms with van der Waals surface area (Å²) < 4.78 is 17.9. The molecule has 8 heteroatoms. The first kappa shape index (κ1) is 25.9. The van der Waals surface area contributed by atoms with Gasteiger partial charge in [0.25, 0.3) is 0 Å². The number of esters is 1. The number of hydrogen-bond acceptors (Lipinski definition) is 8. The van der Waals surface area contributed by atoms with Crippen molar-refractivity contribution in [2.45, 2.75) is 127 Å². The van der Waals surface area contributed by atoms with E-state index in [9.17, 15) is 24.9 Å². The predicted octanol–water partition coefficient (Wildman–Crippen LogP) is 2.60. The molecule has 4 saturated carbocycles. The van der Waals surface area contributed by atoms with E-state index in [1.165, 1.54) is 0 Å². The van der Waals surface area contributed by atoms with Crippen LogP contribution in [-0.4, -0.2) is 74.9 Å². The molecule has 5 fully saturated rings. The molecule has 0 aromatic carbocycles. The smallest absolute Gasteiger partial charge is 0.334 e. The van der Waals surface area contributed by atoms with E-state index < -0.39 is 45.3 Å². The summed E-state index contributed by atoms with van der Waals surface area (Å²) in [5.41, 5.74) is -5.89. The molecule has 2 heterocycles. The molecule has 11 atom stereocenters. The van der Waals surface area contributed by atoms with Crippen LogP contribution in [-0.2, 0) is 23.8 Å². The minimum atomic E-state index is -1.78. The molecular weight excluding hydrogens is 476 g/mol. The normalized spacial score (nSPS) is 54.5. The number of hydrogen-bond donors (Lipinski definition) is 3. The number of Topliss-reactive ketones (excluding diaryl/α,β-unsaturated/α-hetero) is 1. The summed E-state index contributed by atoms with van der Waals surface area (Å²) in [7, 11) is 1.68. The van der Waals surface area contributed by atoms with Gasteiger partial charge in [-0.15, -0.1) is 0 Å². The summed E-state index contributed by atoms with van der Waals surface area (Å²) in [5, 5.41) is 36.9. The van der Waals surface area contributed by atoms with Crippen molar-refractivity contribution in [3.8, 4) is 0 Å². The van der Waals surface area contributed by atoms with Gasteiger partial charge in [0.2, 0.25) is 0 Å². The molecule has 6 aliphatic rings. The van der Waals surface area contributed by atoms with Gasteiger partial charge in [-0.05, 0) is 78.1 Å². The Hall–Kier alpha value is -1.32. The van der Waals surface area contributed by atoms with Gasteiger partial charge in [-0.1, -0.05) is 12.5 Å². The van der Waals surface area contributed by atoms with Crippen molar-refractivity contribution >= 4 is 11.8 Å². The van der Waals surface area contributed by atoms with Crippen molar-refractivity contribution in [3.63, 3.8) is 0 Å². The maximum Gasteiger partial charge on any atom is 0.334 e. The summed E-state index contributed by atoms with van der Waals surface area (Å²) in [5.74, 6) is -0.677. The molecular formula is C29H42O8. The second-order valence-electron chi connectivity index (χ2n) is 13.5. The highest BCUT2D eigenvalue weighted by molar-refractivity contribution is 5.90. The Morgan fingerprint density at radius 1 is 1.05 bits per heavy atom. The lowest BCUT2D eigenvalue weighted by atomic mass is 9.41. The predicted molar refractivity (Wildman–Crippen MR) is 132 cm³/mol.